The fourth-order valence-corrected chi connectivity index (χ4v) is 0.991. The smallest absolute Gasteiger partial charge is 0.145 e. The largest absolute Gasteiger partial charge is 0.382 e. The highest BCUT2D eigenvalue weighted by molar-refractivity contribution is 5.85. The summed E-state index contributed by atoms with van der Waals surface area (Å²) in [6.45, 7) is 0. The molecule has 2 aromatic rings. The normalized spacial score (nSPS) is 8.57. The molecule has 0 radical (unpaired) electrons. The van der Waals surface area contributed by atoms with Crippen molar-refractivity contribution in [1.29, 1.82) is 0 Å². The SMILES string of the molecule is Cl.Cl.Nc1cc(-c2ccccn2)[nH]n1. The molecule has 0 spiro atoms. The molecule has 14 heavy (non-hydrogen) atoms. The van der Waals surface area contributed by atoms with Crippen molar-refractivity contribution < 1.29 is 0 Å². The van der Waals surface area contributed by atoms with Crippen LogP contribution in [0.25, 0.3) is 11.4 Å². The molecular formula is C8H10Cl2N4. The van der Waals surface area contributed by atoms with Gasteiger partial charge in [-0.1, -0.05) is 6.07 Å². The van der Waals surface area contributed by atoms with Crippen molar-refractivity contribution in [1.82, 2.24) is 15.2 Å². The van der Waals surface area contributed by atoms with Gasteiger partial charge >= 0.3 is 0 Å². The summed E-state index contributed by atoms with van der Waals surface area (Å²) >= 11 is 0. The van der Waals surface area contributed by atoms with E-state index >= 15 is 0 Å². The van der Waals surface area contributed by atoms with Gasteiger partial charge < -0.3 is 5.73 Å². The Labute approximate surface area is 93.8 Å². The maximum absolute atomic E-state index is 5.45. The monoisotopic (exact) mass is 232 g/mol. The van der Waals surface area contributed by atoms with E-state index in [1.807, 2.05) is 18.2 Å². The van der Waals surface area contributed by atoms with Gasteiger partial charge in [-0.15, -0.1) is 24.8 Å². The van der Waals surface area contributed by atoms with E-state index in [1.165, 1.54) is 0 Å². The van der Waals surface area contributed by atoms with Crippen LogP contribution in [0, 0.1) is 0 Å². The van der Waals surface area contributed by atoms with Gasteiger partial charge in [-0.2, -0.15) is 5.10 Å². The van der Waals surface area contributed by atoms with Gasteiger partial charge in [0, 0.05) is 12.3 Å². The fourth-order valence-electron chi connectivity index (χ4n) is 0.991. The first kappa shape index (κ1) is 12.7. The van der Waals surface area contributed by atoms with Gasteiger partial charge in [0.05, 0.1) is 11.4 Å². The zero-order valence-corrected chi connectivity index (χ0v) is 8.81. The molecule has 0 amide bonds. The molecule has 0 aliphatic heterocycles. The summed E-state index contributed by atoms with van der Waals surface area (Å²) in [5, 5.41) is 6.59. The number of nitrogen functional groups attached to an aromatic ring is 1. The average Bonchev–Trinajstić information content (AvgIpc) is 2.54. The van der Waals surface area contributed by atoms with Gasteiger partial charge in [0.25, 0.3) is 0 Å². The Balaban J connectivity index is 0.000000845. The molecule has 3 N–H and O–H groups in total. The first-order chi connectivity index (χ1) is 5.86. The summed E-state index contributed by atoms with van der Waals surface area (Å²) in [5.41, 5.74) is 7.14. The summed E-state index contributed by atoms with van der Waals surface area (Å²) in [5.74, 6) is 0.482. The lowest BCUT2D eigenvalue weighted by Gasteiger charge is -1.92. The molecular weight excluding hydrogens is 223 g/mol. The Morgan fingerprint density at radius 1 is 1.21 bits per heavy atom. The molecule has 2 rings (SSSR count). The third-order valence-electron chi connectivity index (χ3n) is 1.54. The maximum Gasteiger partial charge on any atom is 0.145 e. The van der Waals surface area contributed by atoms with Crippen LogP contribution in [0.3, 0.4) is 0 Å². The second kappa shape index (κ2) is 5.47. The van der Waals surface area contributed by atoms with Crippen LogP contribution in [0.1, 0.15) is 0 Å². The number of nitrogens with one attached hydrogen (secondary N) is 1. The van der Waals surface area contributed by atoms with E-state index in [0.717, 1.165) is 11.4 Å². The third-order valence-corrected chi connectivity index (χ3v) is 1.54. The molecule has 0 saturated carbocycles. The van der Waals surface area contributed by atoms with Crippen LogP contribution in [0.4, 0.5) is 5.82 Å². The van der Waals surface area contributed by atoms with Crippen LogP contribution in [0.15, 0.2) is 30.5 Å². The molecule has 4 nitrogen and oxygen atoms in total. The van der Waals surface area contributed by atoms with Crippen molar-refractivity contribution in [2.24, 2.45) is 0 Å². The predicted octanol–water partition coefficient (Wildman–Crippen LogP) is 1.90. The minimum atomic E-state index is 0. The average molecular weight is 233 g/mol. The second-order valence-electron chi connectivity index (χ2n) is 2.42. The Hall–Kier alpha value is -1.26. The number of nitrogens with two attached hydrogens (primary N) is 1. The van der Waals surface area contributed by atoms with E-state index in [9.17, 15) is 0 Å². The van der Waals surface area contributed by atoms with E-state index < -0.39 is 0 Å². The van der Waals surface area contributed by atoms with Crippen LogP contribution in [0.5, 0.6) is 0 Å². The van der Waals surface area contributed by atoms with E-state index in [2.05, 4.69) is 15.2 Å². The summed E-state index contributed by atoms with van der Waals surface area (Å²) in [4.78, 5) is 4.14. The van der Waals surface area contributed by atoms with Crippen LogP contribution in [0.2, 0.25) is 0 Å². The van der Waals surface area contributed by atoms with Gasteiger partial charge in [0.2, 0.25) is 0 Å². The van der Waals surface area contributed by atoms with Crippen molar-refractivity contribution in [3.05, 3.63) is 30.5 Å². The molecule has 0 saturated heterocycles. The lowest BCUT2D eigenvalue weighted by molar-refractivity contribution is 1.09. The van der Waals surface area contributed by atoms with Crippen molar-refractivity contribution in [3.8, 4) is 11.4 Å². The topological polar surface area (TPSA) is 67.6 Å². The van der Waals surface area contributed by atoms with Gasteiger partial charge in [-0.05, 0) is 12.1 Å². The molecule has 2 heterocycles. The van der Waals surface area contributed by atoms with Crippen LogP contribution >= 0.6 is 24.8 Å². The number of hydrogen-bond acceptors (Lipinski definition) is 3. The molecule has 0 atom stereocenters. The number of hydrogen-bond donors (Lipinski definition) is 2. The molecule has 0 aromatic carbocycles. The number of nitrogens with zero attached hydrogens (tertiary/aromatic N) is 2. The highest BCUT2D eigenvalue weighted by Crippen LogP contribution is 2.14. The first-order valence-electron chi connectivity index (χ1n) is 3.58. The predicted molar refractivity (Wildman–Crippen MR) is 60.7 cm³/mol. The number of anilines is 1. The standard InChI is InChI=1S/C8H8N4.2ClH/c9-8-5-7(11-12-8)6-3-1-2-4-10-6;;/h1-5H,(H3,9,11,12);2*1H. The number of pyridine rings is 1. The number of rotatable bonds is 1. The second-order valence-corrected chi connectivity index (χ2v) is 2.42. The third kappa shape index (κ3) is 2.61. The molecule has 0 fully saturated rings. The molecule has 0 bridgehead atoms. The summed E-state index contributed by atoms with van der Waals surface area (Å²) in [6.07, 6.45) is 1.73. The summed E-state index contributed by atoms with van der Waals surface area (Å²) in [6, 6.07) is 7.43. The minimum absolute atomic E-state index is 0. The highest BCUT2D eigenvalue weighted by Gasteiger charge is 1.99. The Morgan fingerprint density at radius 3 is 2.50 bits per heavy atom. The lowest BCUT2D eigenvalue weighted by atomic mass is 10.3. The van der Waals surface area contributed by atoms with E-state index in [4.69, 9.17) is 5.73 Å². The Kier molecular flexibility index (Phi) is 4.97. The fraction of sp³-hybridized carbons (Fsp3) is 0. The maximum atomic E-state index is 5.45. The summed E-state index contributed by atoms with van der Waals surface area (Å²) in [7, 11) is 0. The van der Waals surface area contributed by atoms with Crippen LogP contribution in [-0.2, 0) is 0 Å². The Bertz CT molecular complexity index is 374. The first-order valence-corrected chi connectivity index (χ1v) is 3.58. The molecule has 6 heteroatoms. The van der Waals surface area contributed by atoms with Crippen molar-refractivity contribution in [2.75, 3.05) is 5.73 Å². The highest BCUT2D eigenvalue weighted by atomic mass is 35.5. The van der Waals surface area contributed by atoms with Gasteiger partial charge in [0.1, 0.15) is 5.82 Å². The van der Waals surface area contributed by atoms with Crippen LogP contribution < -0.4 is 5.73 Å². The van der Waals surface area contributed by atoms with Crippen molar-refractivity contribution in [2.45, 2.75) is 0 Å². The molecule has 2 aromatic heterocycles. The van der Waals surface area contributed by atoms with E-state index in [1.54, 1.807) is 12.3 Å². The Morgan fingerprint density at radius 2 is 2.00 bits per heavy atom. The number of aromatic nitrogens is 3. The van der Waals surface area contributed by atoms with Crippen molar-refractivity contribution in [3.63, 3.8) is 0 Å². The van der Waals surface area contributed by atoms with E-state index in [0.29, 0.717) is 5.82 Å². The molecule has 0 aliphatic rings. The molecule has 0 unspecified atom stereocenters. The zero-order chi connectivity index (χ0) is 8.39. The quantitative estimate of drug-likeness (QED) is 0.790. The van der Waals surface area contributed by atoms with E-state index in [-0.39, 0.29) is 24.8 Å². The van der Waals surface area contributed by atoms with Gasteiger partial charge in [-0.3, -0.25) is 10.1 Å². The molecule has 76 valence electrons. The van der Waals surface area contributed by atoms with Gasteiger partial charge in [0.15, 0.2) is 0 Å². The minimum Gasteiger partial charge on any atom is -0.382 e. The number of aromatic amines is 1. The van der Waals surface area contributed by atoms with Crippen molar-refractivity contribution >= 4 is 30.6 Å². The lowest BCUT2D eigenvalue weighted by Crippen LogP contribution is -1.81. The molecule has 0 aliphatic carbocycles. The zero-order valence-electron chi connectivity index (χ0n) is 7.18. The summed E-state index contributed by atoms with van der Waals surface area (Å²) < 4.78 is 0. The number of H-pyrrole nitrogens is 1. The van der Waals surface area contributed by atoms with Crippen LogP contribution in [-0.4, -0.2) is 15.2 Å². The van der Waals surface area contributed by atoms with Gasteiger partial charge in [-0.25, -0.2) is 0 Å². The number of halogens is 2.